The highest BCUT2D eigenvalue weighted by Gasteiger charge is 2.41. The monoisotopic (exact) mass is 403 g/mol. The number of aromatic nitrogens is 2. The third-order valence-corrected chi connectivity index (χ3v) is 6.97. The normalized spacial score (nSPS) is 25.6. The summed E-state index contributed by atoms with van der Waals surface area (Å²) < 4.78 is 0. The van der Waals surface area contributed by atoms with Gasteiger partial charge in [0.25, 0.3) is 0 Å². The number of hydrogen-bond donors (Lipinski definition) is 2. The van der Waals surface area contributed by atoms with Gasteiger partial charge in [0.15, 0.2) is 0 Å². The number of carbonyl (C=O) groups excluding carboxylic acids is 2. The molecule has 3 saturated heterocycles. The summed E-state index contributed by atoms with van der Waals surface area (Å²) in [5.74, 6) is 0.425. The first-order valence-electron chi connectivity index (χ1n) is 11.0. The topological polar surface area (TPSA) is 92.8 Å². The minimum absolute atomic E-state index is 0.153. The number of hydrogen-bond acceptors (Lipinski definition) is 5. The number of aromatic amines is 1. The van der Waals surface area contributed by atoms with Gasteiger partial charge < -0.3 is 19.9 Å². The van der Waals surface area contributed by atoms with Gasteiger partial charge in [-0.05, 0) is 44.1 Å². The van der Waals surface area contributed by atoms with Crippen LogP contribution in [0.15, 0.2) is 12.5 Å². The maximum absolute atomic E-state index is 12.7. The van der Waals surface area contributed by atoms with Gasteiger partial charge in [-0.1, -0.05) is 0 Å². The fourth-order valence-corrected chi connectivity index (χ4v) is 5.09. The van der Waals surface area contributed by atoms with Crippen LogP contribution < -0.4 is 0 Å². The number of likely N-dealkylation sites (tertiary alicyclic amines) is 3. The molecule has 160 valence electrons. The van der Waals surface area contributed by atoms with Crippen LogP contribution in [0.1, 0.15) is 44.2 Å². The minimum Gasteiger partial charge on any atom is -0.392 e. The molecule has 0 aromatic carbocycles. The Labute approximate surface area is 172 Å². The molecule has 3 aliphatic rings. The van der Waals surface area contributed by atoms with Crippen LogP contribution in [0.5, 0.6) is 0 Å². The Morgan fingerprint density at radius 2 is 2.10 bits per heavy atom. The number of nitrogens with one attached hydrogen (secondary N) is 1. The van der Waals surface area contributed by atoms with Crippen molar-refractivity contribution in [3.63, 3.8) is 0 Å². The number of aliphatic hydroxyl groups excluding tert-OH is 1. The van der Waals surface area contributed by atoms with E-state index in [1.807, 2.05) is 16.0 Å². The Morgan fingerprint density at radius 1 is 1.28 bits per heavy atom. The molecule has 0 radical (unpaired) electrons. The van der Waals surface area contributed by atoms with Crippen molar-refractivity contribution in [2.24, 2.45) is 5.41 Å². The molecule has 0 saturated carbocycles. The van der Waals surface area contributed by atoms with Crippen molar-refractivity contribution in [1.82, 2.24) is 24.7 Å². The molecule has 0 aliphatic carbocycles. The fourth-order valence-electron chi connectivity index (χ4n) is 5.09. The summed E-state index contributed by atoms with van der Waals surface area (Å²) in [5.41, 5.74) is 1.21. The van der Waals surface area contributed by atoms with Gasteiger partial charge in [-0.25, -0.2) is 4.98 Å². The number of imidazole rings is 1. The van der Waals surface area contributed by atoms with Crippen LogP contribution in [-0.2, 0) is 16.0 Å². The summed E-state index contributed by atoms with van der Waals surface area (Å²) in [6.45, 7) is 5.00. The number of H-pyrrole nitrogens is 1. The summed E-state index contributed by atoms with van der Waals surface area (Å²) in [5, 5.41) is 9.82. The molecule has 1 unspecified atom stereocenters. The van der Waals surface area contributed by atoms with Crippen LogP contribution in [-0.4, -0.2) is 93.5 Å². The van der Waals surface area contributed by atoms with E-state index in [1.165, 1.54) is 0 Å². The van der Waals surface area contributed by atoms with Crippen LogP contribution in [0, 0.1) is 5.41 Å². The van der Waals surface area contributed by atoms with Gasteiger partial charge >= 0.3 is 0 Å². The van der Waals surface area contributed by atoms with Crippen molar-refractivity contribution in [2.75, 3.05) is 45.8 Å². The first-order valence-corrected chi connectivity index (χ1v) is 11.0. The lowest BCUT2D eigenvalue weighted by atomic mass is 9.72. The van der Waals surface area contributed by atoms with Crippen molar-refractivity contribution in [3.8, 4) is 0 Å². The quantitative estimate of drug-likeness (QED) is 0.753. The number of β-amino-alcohol motifs (C(OH)–C–C–N with tert-alkyl or cyclic N) is 1. The van der Waals surface area contributed by atoms with Gasteiger partial charge in [0, 0.05) is 57.5 Å². The zero-order chi connectivity index (χ0) is 20.3. The zero-order valence-corrected chi connectivity index (χ0v) is 17.2. The predicted octanol–water partition coefficient (Wildman–Crippen LogP) is 0.640. The molecule has 8 nitrogen and oxygen atoms in total. The Balaban J connectivity index is 1.27. The summed E-state index contributed by atoms with van der Waals surface area (Å²) in [4.78, 5) is 38.4. The predicted molar refractivity (Wildman–Crippen MR) is 108 cm³/mol. The number of rotatable bonds is 5. The minimum atomic E-state index is -0.298. The first kappa shape index (κ1) is 20.3. The first-order chi connectivity index (χ1) is 14.0. The highest BCUT2D eigenvalue weighted by atomic mass is 16.3. The maximum atomic E-state index is 12.7. The molecule has 0 bridgehead atoms. The molecule has 29 heavy (non-hydrogen) atoms. The molecule has 1 spiro atoms. The van der Waals surface area contributed by atoms with E-state index in [-0.39, 0.29) is 23.3 Å². The smallest absolute Gasteiger partial charge is 0.236 e. The molecule has 1 aromatic heterocycles. The van der Waals surface area contributed by atoms with Crippen molar-refractivity contribution in [3.05, 3.63) is 18.2 Å². The third-order valence-electron chi connectivity index (χ3n) is 6.97. The van der Waals surface area contributed by atoms with E-state index < -0.39 is 0 Å². The van der Waals surface area contributed by atoms with E-state index in [4.69, 9.17) is 0 Å². The highest BCUT2D eigenvalue weighted by Crippen LogP contribution is 2.40. The van der Waals surface area contributed by atoms with E-state index >= 15 is 0 Å². The van der Waals surface area contributed by atoms with Crippen LogP contribution in [0.4, 0.5) is 0 Å². The molecule has 1 aromatic rings. The van der Waals surface area contributed by atoms with E-state index in [0.717, 1.165) is 76.9 Å². The van der Waals surface area contributed by atoms with E-state index in [0.29, 0.717) is 19.5 Å². The number of nitrogens with zero attached hydrogens (tertiary/aromatic N) is 4. The molecule has 3 aliphatic heterocycles. The second-order valence-electron chi connectivity index (χ2n) is 9.05. The van der Waals surface area contributed by atoms with Gasteiger partial charge in [0.1, 0.15) is 0 Å². The Bertz CT molecular complexity index is 699. The Morgan fingerprint density at radius 3 is 2.83 bits per heavy atom. The molecule has 4 rings (SSSR count). The molecule has 1 atom stereocenters. The number of carbonyl (C=O) groups is 2. The Kier molecular flexibility index (Phi) is 6.20. The standard InChI is InChI=1S/C21H33N5O3/c27-18-2-1-8-24(13-18)14-20(29)25-10-6-21(7-11-25)5-3-19(28)26(15-21)9-4-17-12-22-16-23-17/h12,16,18,27H,1-11,13-15H2,(H,22,23). The summed E-state index contributed by atoms with van der Waals surface area (Å²) >= 11 is 0. The van der Waals surface area contributed by atoms with Crippen LogP contribution in [0.3, 0.4) is 0 Å². The highest BCUT2D eigenvalue weighted by molar-refractivity contribution is 5.79. The van der Waals surface area contributed by atoms with Gasteiger partial charge in [-0.2, -0.15) is 0 Å². The second-order valence-corrected chi connectivity index (χ2v) is 9.05. The van der Waals surface area contributed by atoms with Crippen LogP contribution >= 0.6 is 0 Å². The number of amides is 2. The summed E-state index contributed by atoms with van der Waals surface area (Å²) in [6, 6.07) is 0. The van der Waals surface area contributed by atoms with Crippen molar-refractivity contribution < 1.29 is 14.7 Å². The van der Waals surface area contributed by atoms with Gasteiger partial charge in [0.05, 0.1) is 19.0 Å². The lowest BCUT2D eigenvalue weighted by Crippen LogP contribution is -2.54. The largest absolute Gasteiger partial charge is 0.392 e. The molecule has 3 fully saturated rings. The van der Waals surface area contributed by atoms with Gasteiger partial charge in [0.2, 0.25) is 11.8 Å². The maximum Gasteiger partial charge on any atom is 0.236 e. The average molecular weight is 404 g/mol. The second kappa shape index (κ2) is 8.83. The van der Waals surface area contributed by atoms with Crippen molar-refractivity contribution in [1.29, 1.82) is 0 Å². The SMILES string of the molecule is O=C(CN1CCCC(O)C1)N1CCC2(CCC(=O)N(CCc3cnc[nH]3)C2)CC1. The van der Waals surface area contributed by atoms with E-state index in [2.05, 4.69) is 14.9 Å². The van der Waals surface area contributed by atoms with Crippen molar-refractivity contribution in [2.45, 2.75) is 51.0 Å². The number of piperidine rings is 3. The molecule has 8 heteroatoms. The van der Waals surface area contributed by atoms with E-state index in [1.54, 1.807) is 6.33 Å². The van der Waals surface area contributed by atoms with Crippen LogP contribution in [0.25, 0.3) is 0 Å². The lowest BCUT2D eigenvalue weighted by molar-refractivity contribution is -0.143. The van der Waals surface area contributed by atoms with Crippen molar-refractivity contribution >= 4 is 11.8 Å². The van der Waals surface area contributed by atoms with E-state index in [9.17, 15) is 14.7 Å². The molecule has 4 heterocycles. The molecular weight excluding hydrogens is 370 g/mol. The molecule has 2 N–H and O–H groups in total. The third kappa shape index (κ3) is 4.98. The van der Waals surface area contributed by atoms with Crippen LogP contribution in [0.2, 0.25) is 0 Å². The summed E-state index contributed by atoms with van der Waals surface area (Å²) in [6.07, 6.45) is 9.27. The molecule has 2 amide bonds. The van der Waals surface area contributed by atoms with Gasteiger partial charge in [-0.15, -0.1) is 0 Å². The fraction of sp³-hybridized carbons (Fsp3) is 0.762. The zero-order valence-electron chi connectivity index (χ0n) is 17.2. The lowest BCUT2D eigenvalue weighted by Gasteiger charge is -2.47. The Hall–Kier alpha value is -1.93. The summed E-state index contributed by atoms with van der Waals surface area (Å²) in [7, 11) is 0. The molecular formula is C21H33N5O3. The van der Waals surface area contributed by atoms with Gasteiger partial charge in [-0.3, -0.25) is 14.5 Å². The average Bonchev–Trinajstić information content (AvgIpc) is 3.23. The number of aliphatic hydroxyl groups is 1.